The van der Waals surface area contributed by atoms with Crippen molar-refractivity contribution in [3.63, 3.8) is 0 Å². The Morgan fingerprint density at radius 2 is 1.29 bits per heavy atom. The van der Waals surface area contributed by atoms with Crippen molar-refractivity contribution in [1.29, 1.82) is 0 Å². The molecule has 1 N–H and O–H groups in total. The summed E-state index contributed by atoms with van der Waals surface area (Å²) in [5.41, 5.74) is -2.82. The molecule has 0 radical (unpaired) electrons. The summed E-state index contributed by atoms with van der Waals surface area (Å²) in [5.74, 6) is -1.74. The molecule has 0 aliphatic heterocycles. The fourth-order valence-corrected chi connectivity index (χ4v) is 4.42. The van der Waals surface area contributed by atoms with Crippen molar-refractivity contribution < 1.29 is 40.7 Å². The second-order valence-corrected chi connectivity index (χ2v) is 8.74. The third-order valence-corrected chi connectivity index (χ3v) is 6.12. The van der Waals surface area contributed by atoms with Gasteiger partial charge in [-0.15, -0.1) is 0 Å². The first-order chi connectivity index (χ1) is 17.9. The van der Waals surface area contributed by atoms with E-state index in [2.05, 4.69) is 5.32 Å². The number of nitrogens with one attached hydrogen (secondary N) is 1. The third-order valence-electron chi connectivity index (χ3n) is 6.12. The maximum Gasteiger partial charge on any atom is 0.416 e. The van der Waals surface area contributed by atoms with Crippen LogP contribution in [0, 0.1) is 0 Å². The standard InChI is InChI=1S/C28H21F6NO3/c1-38-26(37)24(15-23-21-8-4-2-6-17(21)13-18-7-3-5-9-22(18)23)35-25(36)12-16-10-19(27(29,30)31)14-20(11-16)28(32,33)34/h2-11,13-14,24H,12,15H2,1H3,(H,35,36)/t24-/m0/s1. The molecule has 1 atom stereocenters. The number of alkyl halides is 6. The third kappa shape index (κ3) is 5.90. The lowest BCUT2D eigenvalue weighted by molar-refractivity contribution is -0.145. The highest BCUT2D eigenvalue weighted by atomic mass is 19.4. The lowest BCUT2D eigenvalue weighted by Gasteiger charge is -2.20. The van der Waals surface area contributed by atoms with Crippen molar-refractivity contribution in [2.75, 3.05) is 7.11 Å². The predicted molar refractivity (Wildman–Crippen MR) is 129 cm³/mol. The van der Waals surface area contributed by atoms with Crippen LogP contribution in [0.15, 0.2) is 72.8 Å². The molecule has 0 fully saturated rings. The molecule has 0 saturated carbocycles. The van der Waals surface area contributed by atoms with Crippen LogP contribution in [-0.2, 0) is 39.5 Å². The van der Waals surface area contributed by atoms with E-state index in [4.69, 9.17) is 4.74 Å². The SMILES string of the molecule is COC(=O)[C@H](Cc1c2ccccc2cc2ccccc12)NC(=O)Cc1cc(C(F)(F)F)cc(C(F)(F)F)c1. The Morgan fingerprint density at radius 3 is 1.76 bits per heavy atom. The van der Waals surface area contributed by atoms with Crippen molar-refractivity contribution >= 4 is 33.4 Å². The lowest BCUT2D eigenvalue weighted by Crippen LogP contribution is -2.43. The summed E-state index contributed by atoms with van der Waals surface area (Å²) in [6.45, 7) is 0. The van der Waals surface area contributed by atoms with E-state index in [1.807, 2.05) is 54.6 Å². The average Bonchev–Trinajstić information content (AvgIpc) is 2.86. The Labute approximate surface area is 213 Å². The van der Waals surface area contributed by atoms with Gasteiger partial charge in [0.1, 0.15) is 6.04 Å². The molecule has 1 amide bonds. The fraction of sp³-hybridized carbons (Fsp3) is 0.214. The zero-order valence-corrected chi connectivity index (χ0v) is 19.9. The molecule has 4 nitrogen and oxygen atoms in total. The van der Waals surface area contributed by atoms with Gasteiger partial charge in [0.05, 0.1) is 24.7 Å². The van der Waals surface area contributed by atoms with Gasteiger partial charge in [0.25, 0.3) is 0 Å². The van der Waals surface area contributed by atoms with Crippen LogP contribution in [0.25, 0.3) is 21.5 Å². The monoisotopic (exact) mass is 533 g/mol. The molecule has 0 heterocycles. The normalized spacial score (nSPS) is 12.9. The molecule has 10 heteroatoms. The van der Waals surface area contributed by atoms with Crippen LogP contribution in [0.1, 0.15) is 22.3 Å². The van der Waals surface area contributed by atoms with E-state index < -0.39 is 53.4 Å². The Balaban J connectivity index is 1.66. The van der Waals surface area contributed by atoms with Crippen LogP contribution in [0.3, 0.4) is 0 Å². The molecule has 0 bridgehead atoms. The molecule has 4 rings (SSSR count). The van der Waals surface area contributed by atoms with Crippen LogP contribution in [0.5, 0.6) is 0 Å². The van der Waals surface area contributed by atoms with Gasteiger partial charge in [-0.2, -0.15) is 26.3 Å². The highest BCUT2D eigenvalue weighted by Gasteiger charge is 2.37. The van der Waals surface area contributed by atoms with Crippen molar-refractivity contribution in [3.8, 4) is 0 Å². The summed E-state index contributed by atoms with van der Waals surface area (Å²) < 4.78 is 84.1. The number of carbonyl (C=O) groups is 2. The number of hydrogen-bond donors (Lipinski definition) is 1. The number of halogens is 6. The quantitative estimate of drug-likeness (QED) is 0.176. The predicted octanol–water partition coefficient (Wildman–Crippen LogP) is 6.47. The van der Waals surface area contributed by atoms with Crippen molar-refractivity contribution in [1.82, 2.24) is 5.32 Å². The van der Waals surface area contributed by atoms with E-state index in [-0.39, 0.29) is 12.5 Å². The Hall–Kier alpha value is -4.08. The number of esters is 1. The van der Waals surface area contributed by atoms with Crippen LogP contribution in [0.4, 0.5) is 26.3 Å². The van der Waals surface area contributed by atoms with Gasteiger partial charge in [-0.25, -0.2) is 4.79 Å². The number of methoxy groups -OCH3 is 1. The second kappa shape index (κ2) is 10.4. The summed E-state index contributed by atoms with van der Waals surface area (Å²) in [4.78, 5) is 25.4. The Morgan fingerprint density at radius 1 is 0.789 bits per heavy atom. The number of hydrogen-bond acceptors (Lipinski definition) is 3. The van der Waals surface area contributed by atoms with Crippen molar-refractivity contribution in [3.05, 3.63) is 95.1 Å². The molecular formula is C28H21F6NO3. The van der Waals surface area contributed by atoms with E-state index in [9.17, 15) is 35.9 Å². The minimum atomic E-state index is -5.05. The van der Waals surface area contributed by atoms with E-state index >= 15 is 0 Å². The zero-order chi connectivity index (χ0) is 27.7. The molecule has 0 saturated heterocycles. The summed E-state index contributed by atoms with van der Waals surface area (Å²) in [6, 6.07) is 16.5. The molecule has 198 valence electrons. The van der Waals surface area contributed by atoms with E-state index in [0.29, 0.717) is 12.1 Å². The van der Waals surface area contributed by atoms with Crippen LogP contribution >= 0.6 is 0 Å². The number of rotatable bonds is 6. The van der Waals surface area contributed by atoms with Gasteiger partial charge in [0.15, 0.2) is 0 Å². The molecule has 0 aromatic heterocycles. The number of amides is 1. The number of fused-ring (bicyclic) bond motifs is 2. The maximum atomic E-state index is 13.2. The van der Waals surface area contributed by atoms with Crippen LogP contribution in [0.2, 0.25) is 0 Å². The number of benzene rings is 4. The summed E-state index contributed by atoms with van der Waals surface area (Å²) in [7, 11) is 1.12. The lowest BCUT2D eigenvalue weighted by atomic mass is 9.92. The Bertz CT molecular complexity index is 1420. The summed E-state index contributed by atoms with van der Waals surface area (Å²) in [6.07, 6.45) is -10.9. The first kappa shape index (κ1) is 27.0. The van der Waals surface area contributed by atoms with E-state index in [1.54, 1.807) is 0 Å². The van der Waals surface area contributed by atoms with E-state index in [1.165, 1.54) is 0 Å². The second-order valence-electron chi connectivity index (χ2n) is 8.74. The van der Waals surface area contributed by atoms with Crippen LogP contribution in [-0.4, -0.2) is 25.0 Å². The molecule has 38 heavy (non-hydrogen) atoms. The molecule has 0 spiro atoms. The first-order valence-corrected chi connectivity index (χ1v) is 11.4. The van der Waals surface area contributed by atoms with E-state index in [0.717, 1.165) is 34.2 Å². The minimum Gasteiger partial charge on any atom is -0.467 e. The van der Waals surface area contributed by atoms with Gasteiger partial charge >= 0.3 is 18.3 Å². The summed E-state index contributed by atoms with van der Waals surface area (Å²) >= 11 is 0. The molecular weight excluding hydrogens is 512 g/mol. The van der Waals surface area contributed by atoms with Gasteiger partial charge in [-0.1, -0.05) is 48.5 Å². The van der Waals surface area contributed by atoms with Gasteiger partial charge in [0.2, 0.25) is 5.91 Å². The topological polar surface area (TPSA) is 55.4 Å². The molecule has 0 unspecified atom stereocenters. The number of ether oxygens (including phenoxy) is 1. The van der Waals surface area contributed by atoms with Crippen molar-refractivity contribution in [2.45, 2.75) is 31.2 Å². The highest BCUT2D eigenvalue weighted by Crippen LogP contribution is 2.36. The fourth-order valence-electron chi connectivity index (χ4n) is 4.42. The first-order valence-electron chi connectivity index (χ1n) is 11.4. The van der Waals surface area contributed by atoms with Gasteiger partial charge in [0, 0.05) is 6.42 Å². The molecule has 4 aromatic rings. The Kier molecular flexibility index (Phi) is 7.35. The minimum absolute atomic E-state index is 0.00964. The summed E-state index contributed by atoms with van der Waals surface area (Å²) in [5, 5.41) is 5.85. The van der Waals surface area contributed by atoms with Crippen molar-refractivity contribution in [2.24, 2.45) is 0 Å². The molecule has 0 aliphatic rings. The number of carbonyl (C=O) groups excluding carboxylic acids is 2. The molecule has 0 aliphatic carbocycles. The van der Waals surface area contributed by atoms with Gasteiger partial charge in [-0.3, -0.25) is 4.79 Å². The largest absolute Gasteiger partial charge is 0.467 e. The zero-order valence-electron chi connectivity index (χ0n) is 19.9. The van der Waals surface area contributed by atoms with Gasteiger partial charge in [-0.05, 0) is 56.9 Å². The smallest absolute Gasteiger partial charge is 0.416 e. The maximum absolute atomic E-state index is 13.2. The van der Waals surface area contributed by atoms with Crippen LogP contribution < -0.4 is 5.32 Å². The van der Waals surface area contributed by atoms with Gasteiger partial charge < -0.3 is 10.1 Å². The average molecular weight is 533 g/mol. The highest BCUT2D eigenvalue weighted by molar-refractivity contribution is 6.02. The molecule has 4 aromatic carbocycles.